The molecule has 1 heterocycles. The molecule has 0 aromatic heterocycles. The molecule has 4 heteroatoms. The second-order valence-corrected chi connectivity index (χ2v) is 5.73. The van der Waals surface area contributed by atoms with Crippen molar-refractivity contribution in [2.75, 3.05) is 26.3 Å². The standard InChI is InChI=1S/C14H25NO3/c1-2-3-10-18-13(17)15-7-5-14(6-8-15)11-12(14)4-9-16/h12,16H,2-11H2,1H3. The summed E-state index contributed by atoms with van der Waals surface area (Å²) >= 11 is 0. The van der Waals surface area contributed by atoms with Gasteiger partial charge in [-0.05, 0) is 43.4 Å². The molecule has 1 saturated heterocycles. The zero-order chi connectivity index (χ0) is 13.0. The summed E-state index contributed by atoms with van der Waals surface area (Å²) in [5.74, 6) is 0.695. The van der Waals surface area contributed by atoms with Crippen LogP contribution in [0, 0.1) is 11.3 Å². The topological polar surface area (TPSA) is 49.8 Å². The lowest BCUT2D eigenvalue weighted by molar-refractivity contribution is 0.0813. The van der Waals surface area contributed by atoms with Gasteiger partial charge in [0.1, 0.15) is 0 Å². The third kappa shape index (κ3) is 2.97. The lowest BCUT2D eigenvalue weighted by atomic mass is 9.90. The molecule has 18 heavy (non-hydrogen) atoms. The molecule has 0 radical (unpaired) electrons. The molecule has 0 aromatic rings. The van der Waals surface area contributed by atoms with Crippen molar-refractivity contribution < 1.29 is 14.6 Å². The summed E-state index contributed by atoms with van der Waals surface area (Å²) in [6.45, 7) is 4.59. The van der Waals surface area contributed by atoms with E-state index in [0.29, 0.717) is 24.5 Å². The first-order valence-electron chi connectivity index (χ1n) is 7.24. The molecule has 1 saturated carbocycles. The zero-order valence-electron chi connectivity index (χ0n) is 11.4. The van der Waals surface area contributed by atoms with E-state index in [2.05, 4.69) is 6.92 Å². The average molecular weight is 255 g/mol. The molecule has 104 valence electrons. The molecule has 2 fully saturated rings. The Morgan fingerprint density at radius 3 is 2.78 bits per heavy atom. The minimum atomic E-state index is -0.141. The van der Waals surface area contributed by atoms with Crippen LogP contribution < -0.4 is 0 Å². The fraction of sp³-hybridized carbons (Fsp3) is 0.929. The molecule has 4 nitrogen and oxygen atoms in total. The number of carbonyl (C=O) groups excluding carboxylic acids is 1. The number of unbranched alkanes of at least 4 members (excludes halogenated alkanes) is 1. The third-order valence-electron chi connectivity index (χ3n) is 4.58. The van der Waals surface area contributed by atoms with Crippen molar-refractivity contribution in [3.63, 3.8) is 0 Å². The van der Waals surface area contributed by atoms with E-state index in [1.165, 1.54) is 6.42 Å². The maximum absolute atomic E-state index is 11.8. The quantitative estimate of drug-likeness (QED) is 0.767. The van der Waals surface area contributed by atoms with E-state index in [0.717, 1.165) is 45.2 Å². The molecule has 1 unspecified atom stereocenters. The molecule has 1 amide bonds. The van der Waals surface area contributed by atoms with Gasteiger partial charge < -0.3 is 14.7 Å². The van der Waals surface area contributed by atoms with Crippen molar-refractivity contribution in [2.45, 2.75) is 45.4 Å². The van der Waals surface area contributed by atoms with Gasteiger partial charge in [0.15, 0.2) is 0 Å². The molecule has 2 rings (SSSR count). The highest BCUT2D eigenvalue weighted by Crippen LogP contribution is 2.60. The van der Waals surface area contributed by atoms with Gasteiger partial charge >= 0.3 is 6.09 Å². The summed E-state index contributed by atoms with van der Waals surface area (Å²) in [5, 5.41) is 8.97. The number of rotatable bonds is 5. The molecule has 1 aliphatic carbocycles. The molecule has 1 aliphatic heterocycles. The smallest absolute Gasteiger partial charge is 0.409 e. The van der Waals surface area contributed by atoms with E-state index in [1.807, 2.05) is 4.90 Å². The molecule has 0 bridgehead atoms. The number of amides is 1. The number of hydrogen-bond acceptors (Lipinski definition) is 3. The first kappa shape index (κ1) is 13.7. The normalized spacial score (nSPS) is 25.2. The lowest BCUT2D eigenvalue weighted by Gasteiger charge is -2.32. The number of ether oxygens (including phenoxy) is 1. The molecule has 1 atom stereocenters. The van der Waals surface area contributed by atoms with Crippen LogP contribution in [0.4, 0.5) is 4.79 Å². The predicted molar refractivity (Wildman–Crippen MR) is 69.3 cm³/mol. The van der Waals surface area contributed by atoms with Crippen molar-refractivity contribution in [3.05, 3.63) is 0 Å². The van der Waals surface area contributed by atoms with Crippen LogP contribution in [0.15, 0.2) is 0 Å². The fourth-order valence-electron chi connectivity index (χ4n) is 3.14. The van der Waals surface area contributed by atoms with Crippen LogP contribution in [0.1, 0.15) is 45.4 Å². The maximum atomic E-state index is 11.8. The highest BCUT2D eigenvalue weighted by atomic mass is 16.6. The van der Waals surface area contributed by atoms with Gasteiger partial charge in [-0.1, -0.05) is 13.3 Å². The number of piperidine rings is 1. The van der Waals surface area contributed by atoms with E-state index in [1.54, 1.807) is 0 Å². The maximum Gasteiger partial charge on any atom is 0.409 e. The summed E-state index contributed by atoms with van der Waals surface area (Å²) in [6, 6.07) is 0. The zero-order valence-corrected chi connectivity index (χ0v) is 11.4. The van der Waals surface area contributed by atoms with Crippen LogP contribution >= 0.6 is 0 Å². The molecular weight excluding hydrogens is 230 g/mol. The van der Waals surface area contributed by atoms with Gasteiger partial charge in [0, 0.05) is 19.7 Å². The number of likely N-dealkylation sites (tertiary alicyclic amines) is 1. The Morgan fingerprint density at radius 2 is 2.17 bits per heavy atom. The second-order valence-electron chi connectivity index (χ2n) is 5.73. The third-order valence-corrected chi connectivity index (χ3v) is 4.58. The highest BCUT2D eigenvalue weighted by molar-refractivity contribution is 5.67. The molecular formula is C14H25NO3. The first-order valence-corrected chi connectivity index (χ1v) is 7.24. The summed E-state index contributed by atoms with van der Waals surface area (Å²) in [6.07, 6.45) is 6.20. The van der Waals surface area contributed by atoms with E-state index in [4.69, 9.17) is 9.84 Å². The van der Waals surface area contributed by atoms with Gasteiger partial charge in [0.05, 0.1) is 6.61 Å². The Balaban J connectivity index is 1.69. The minimum Gasteiger partial charge on any atom is -0.449 e. The molecule has 2 aliphatic rings. The number of aliphatic hydroxyl groups is 1. The largest absolute Gasteiger partial charge is 0.449 e. The van der Waals surface area contributed by atoms with Crippen molar-refractivity contribution >= 4 is 6.09 Å². The molecule has 1 N–H and O–H groups in total. The van der Waals surface area contributed by atoms with Crippen LogP contribution in [0.2, 0.25) is 0 Å². The van der Waals surface area contributed by atoms with E-state index in [-0.39, 0.29) is 6.09 Å². The summed E-state index contributed by atoms with van der Waals surface area (Å²) in [7, 11) is 0. The van der Waals surface area contributed by atoms with E-state index >= 15 is 0 Å². The Morgan fingerprint density at radius 1 is 1.44 bits per heavy atom. The fourth-order valence-corrected chi connectivity index (χ4v) is 3.14. The van der Waals surface area contributed by atoms with Crippen LogP contribution in [-0.2, 0) is 4.74 Å². The van der Waals surface area contributed by atoms with Gasteiger partial charge in [0.2, 0.25) is 0 Å². The number of carbonyl (C=O) groups is 1. The second kappa shape index (κ2) is 5.91. The Kier molecular flexibility index (Phi) is 4.49. The highest BCUT2D eigenvalue weighted by Gasteiger charge is 2.54. The van der Waals surface area contributed by atoms with Crippen molar-refractivity contribution in [1.82, 2.24) is 4.90 Å². The lowest BCUT2D eigenvalue weighted by Crippen LogP contribution is -2.40. The summed E-state index contributed by atoms with van der Waals surface area (Å²) in [4.78, 5) is 13.6. The SMILES string of the molecule is CCCCOC(=O)N1CCC2(CC1)CC2CCO. The van der Waals surface area contributed by atoms with Gasteiger partial charge in [-0.25, -0.2) is 4.79 Å². The Hall–Kier alpha value is -0.770. The first-order chi connectivity index (χ1) is 8.72. The van der Waals surface area contributed by atoms with Crippen LogP contribution in [0.3, 0.4) is 0 Å². The van der Waals surface area contributed by atoms with E-state index < -0.39 is 0 Å². The summed E-state index contributed by atoms with van der Waals surface area (Å²) in [5.41, 5.74) is 0.447. The monoisotopic (exact) mass is 255 g/mol. The van der Waals surface area contributed by atoms with Crippen molar-refractivity contribution in [1.29, 1.82) is 0 Å². The van der Waals surface area contributed by atoms with Gasteiger partial charge in [-0.2, -0.15) is 0 Å². The average Bonchev–Trinajstić information content (AvgIpc) is 3.03. The Labute approximate surface area is 109 Å². The number of aliphatic hydroxyl groups excluding tert-OH is 1. The number of nitrogens with zero attached hydrogens (tertiary/aromatic N) is 1. The minimum absolute atomic E-state index is 0.141. The van der Waals surface area contributed by atoms with Gasteiger partial charge in [0.25, 0.3) is 0 Å². The molecule has 0 aromatic carbocycles. The van der Waals surface area contributed by atoms with Crippen LogP contribution in [0.25, 0.3) is 0 Å². The van der Waals surface area contributed by atoms with Crippen LogP contribution in [0.5, 0.6) is 0 Å². The summed E-state index contributed by atoms with van der Waals surface area (Å²) < 4.78 is 5.23. The molecule has 1 spiro atoms. The van der Waals surface area contributed by atoms with E-state index in [9.17, 15) is 4.79 Å². The van der Waals surface area contributed by atoms with Gasteiger partial charge in [-0.3, -0.25) is 0 Å². The van der Waals surface area contributed by atoms with Crippen LogP contribution in [-0.4, -0.2) is 42.4 Å². The van der Waals surface area contributed by atoms with Crippen molar-refractivity contribution in [2.24, 2.45) is 11.3 Å². The van der Waals surface area contributed by atoms with Gasteiger partial charge in [-0.15, -0.1) is 0 Å². The Bertz CT molecular complexity index is 285. The predicted octanol–water partition coefficient (Wildman–Crippen LogP) is 2.41. The van der Waals surface area contributed by atoms with Crippen molar-refractivity contribution in [3.8, 4) is 0 Å². The number of hydrogen-bond donors (Lipinski definition) is 1.